The Balaban J connectivity index is 2.05. The first kappa shape index (κ1) is 12.6. The van der Waals surface area contributed by atoms with E-state index in [4.69, 9.17) is 10.5 Å². The van der Waals surface area contributed by atoms with Crippen LogP contribution in [0.25, 0.3) is 0 Å². The topological polar surface area (TPSA) is 53.1 Å². The second kappa shape index (κ2) is 4.78. The maximum Gasteiger partial charge on any atom is 0.0808 e. The third-order valence-electron chi connectivity index (χ3n) is 3.81. The molecule has 2 rings (SSSR count). The molecule has 0 saturated carbocycles. The van der Waals surface area contributed by atoms with Crippen LogP contribution in [-0.4, -0.2) is 28.0 Å². The van der Waals surface area contributed by atoms with Crippen LogP contribution in [0.15, 0.2) is 6.07 Å². The minimum Gasteiger partial charge on any atom is -0.374 e. The second-order valence-electron chi connectivity index (χ2n) is 5.33. The number of hydrogen-bond acceptors (Lipinski definition) is 3. The molecule has 4 heteroatoms. The Kier molecular flexibility index (Phi) is 3.54. The standard InChI is InChI=1S/C13H23N3O/c1-10-8-11(16(3)15-10)9-12(14)13(2)6-4-5-7-17-13/h8,12H,4-7,9,14H2,1-3H3. The molecule has 0 aliphatic carbocycles. The number of nitrogens with two attached hydrogens (primary N) is 1. The van der Waals surface area contributed by atoms with Crippen molar-refractivity contribution in [3.63, 3.8) is 0 Å². The zero-order chi connectivity index (χ0) is 12.5. The van der Waals surface area contributed by atoms with E-state index < -0.39 is 0 Å². The van der Waals surface area contributed by atoms with Gasteiger partial charge in [-0.15, -0.1) is 0 Å². The molecule has 2 N–H and O–H groups in total. The minimum atomic E-state index is -0.170. The van der Waals surface area contributed by atoms with Gasteiger partial charge in [0.1, 0.15) is 0 Å². The fourth-order valence-electron chi connectivity index (χ4n) is 2.54. The van der Waals surface area contributed by atoms with Crippen LogP contribution >= 0.6 is 0 Å². The number of aromatic nitrogens is 2. The highest BCUT2D eigenvalue weighted by Crippen LogP contribution is 2.28. The zero-order valence-electron chi connectivity index (χ0n) is 11.1. The lowest BCUT2D eigenvalue weighted by Crippen LogP contribution is -2.51. The van der Waals surface area contributed by atoms with Crippen LogP contribution in [0.1, 0.15) is 37.6 Å². The van der Waals surface area contributed by atoms with Crippen molar-refractivity contribution in [1.29, 1.82) is 0 Å². The highest BCUT2D eigenvalue weighted by molar-refractivity contribution is 5.11. The molecule has 1 aromatic rings. The average Bonchev–Trinajstić information content (AvgIpc) is 2.58. The van der Waals surface area contributed by atoms with E-state index in [2.05, 4.69) is 18.1 Å². The molecular weight excluding hydrogens is 214 g/mol. The van der Waals surface area contributed by atoms with E-state index >= 15 is 0 Å². The first-order chi connectivity index (χ1) is 8.01. The van der Waals surface area contributed by atoms with Crippen molar-refractivity contribution in [2.24, 2.45) is 12.8 Å². The summed E-state index contributed by atoms with van der Waals surface area (Å²) >= 11 is 0. The molecule has 0 amide bonds. The summed E-state index contributed by atoms with van der Waals surface area (Å²) in [6, 6.07) is 2.14. The Morgan fingerprint density at radius 2 is 2.35 bits per heavy atom. The van der Waals surface area contributed by atoms with Crippen LogP contribution in [0.4, 0.5) is 0 Å². The molecule has 2 heterocycles. The van der Waals surface area contributed by atoms with Gasteiger partial charge in [-0.2, -0.15) is 5.10 Å². The predicted molar refractivity (Wildman–Crippen MR) is 67.8 cm³/mol. The van der Waals surface area contributed by atoms with Gasteiger partial charge in [0.25, 0.3) is 0 Å². The van der Waals surface area contributed by atoms with Crippen molar-refractivity contribution in [3.05, 3.63) is 17.5 Å². The Hall–Kier alpha value is -0.870. The third kappa shape index (κ3) is 2.69. The average molecular weight is 237 g/mol. The highest BCUT2D eigenvalue weighted by Gasteiger charge is 2.34. The van der Waals surface area contributed by atoms with Gasteiger partial charge in [-0.05, 0) is 39.2 Å². The van der Waals surface area contributed by atoms with Gasteiger partial charge in [0.15, 0.2) is 0 Å². The number of nitrogens with zero attached hydrogens (tertiary/aromatic N) is 2. The molecule has 1 aliphatic rings. The van der Waals surface area contributed by atoms with E-state index in [1.165, 1.54) is 12.1 Å². The summed E-state index contributed by atoms with van der Waals surface area (Å²) in [5, 5.41) is 4.35. The SMILES string of the molecule is Cc1cc(CC(N)C2(C)CCCCO2)n(C)n1. The van der Waals surface area contributed by atoms with Crippen LogP contribution in [0.3, 0.4) is 0 Å². The fourth-order valence-corrected chi connectivity index (χ4v) is 2.54. The smallest absolute Gasteiger partial charge is 0.0808 e. The predicted octanol–water partition coefficient (Wildman–Crippen LogP) is 1.56. The van der Waals surface area contributed by atoms with Gasteiger partial charge in [0.2, 0.25) is 0 Å². The first-order valence-corrected chi connectivity index (χ1v) is 6.40. The van der Waals surface area contributed by atoms with Gasteiger partial charge in [-0.25, -0.2) is 0 Å². The van der Waals surface area contributed by atoms with Crippen molar-refractivity contribution >= 4 is 0 Å². The van der Waals surface area contributed by atoms with Crippen molar-refractivity contribution in [2.45, 2.75) is 51.2 Å². The van der Waals surface area contributed by atoms with E-state index in [-0.39, 0.29) is 11.6 Å². The highest BCUT2D eigenvalue weighted by atomic mass is 16.5. The number of rotatable bonds is 3. The Morgan fingerprint density at radius 1 is 1.59 bits per heavy atom. The van der Waals surface area contributed by atoms with E-state index in [1.54, 1.807) is 0 Å². The normalized spacial score (nSPS) is 27.1. The van der Waals surface area contributed by atoms with Gasteiger partial charge >= 0.3 is 0 Å². The van der Waals surface area contributed by atoms with Gasteiger partial charge in [-0.1, -0.05) is 0 Å². The zero-order valence-corrected chi connectivity index (χ0v) is 11.1. The van der Waals surface area contributed by atoms with Crippen LogP contribution in [-0.2, 0) is 18.2 Å². The van der Waals surface area contributed by atoms with E-state index in [0.717, 1.165) is 31.6 Å². The maximum absolute atomic E-state index is 6.33. The summed E-state index contributed by atoms with van der Waals surface area (Å²) in [5.41, 5.74) is 8.39. The summed E-state index contributed by atoms with van der Waals surface area (Å²) in [6.45, 7) is 4.99. The number of aryl methyl sites for hydroxylation is 2. The summed E-state index contributed by atoms with van der Waals surface area (Å²) in [7, 11) is 1.97. The largest absolute Gasteiger partial charge is 0.374 e. The molecule has 1 aromatic heterocycles. The van der Waals surface area contributed by atoms with Gasteiger partial charge in [0.05, 0.1) is 11.3 Å². The molecule has 17 heavy (non-hydrogen) atoms. The fraction of sp³-hybridized carbons (Fsp3) is 0.769. The van der Waals surface area contributed by atoms with Gasteiger partial charge in [-0.3, -0.25) is 4.68 Å². The molecule has 2 unspecified atom stereocenters. The summed E-state index contributed by atoms with van der Waals surface area (Å²) in [4.78, 5) is 0. The molecule has 96 valence electrons. The lowest BCUT2D eigenvalue weighted by atomic mass is 9.86. The Morgan fingerprint density at radius 3 is 2.88 bits per heavy atom. The quantitative estimate of drug-likeness (QED) is 0.868. The van der Waals surface area contributed by atoms with E-state index in [1.807, 2.05) is 18.7 Å². The van der Waals surface area contributed by atoms with Crippen molar-refractivity contribution in [2.75, 3.05) is 6.61 Å². The monoisotopic (exact) mass is 237 g/mol. The first-order valence-electron chi connectivity index (χ1n) is 6.40. The molecule has 1 aliphatic heterocycles. The second-order valence-corrected chi connectivity index (χ2v) is 5.33. The summed E-state index contributed by atoms with van der Waals surface area (Å²) in [5.74, 6) is 0. The van der Waals surface area contributed by atoms with E-state index in [0.29, 0.717) is 0 Å². The summed E-state index contributed by atoms with van der Waals surface area (Å²) < 4.78 is 7.81. The molecule has 1 saturated heterocycles. The summed E-state index contributed by atoms with van der Waals surface area (Å²) in [6.07, 6.45) is 4.26. The minimum absolute atomic E-state index is 0.0394. The third-order valence-corrected chi connectivity index (χ3v) is 3.81. The molecule has 2 atom stereocenters. The molecule has 0 bridgehead atoms. The molecule has 0 aromatic carbocycles. The molecule has 4 nitrogen and oxygen atoms in total. The Bertz CT molecular complexity index is 380. The number of ether oxygens (including phenoxy) is 1. The molecule has 1 fully saturated rings. The molecular formula is C13H23N3O. The lowest BCUT2D eigenvalue weighted by molar-refractivity contribution is -0.0811. The van der Waals surface area contributed by atoms with Crippen molar-refractivity contribution in [3.8, 4) is 0 Å². The van der Waals surface area contributed by atoms with Gasteiger partial charge in [0, 0.05) is 31.8 Å². The maximum atomic E-state index is 6.33. The van der Waals surface area contributed by atoms with Crippen LogP contribution in [0.5, 0.6) is 0 Å². The molecule has 0 spiro atoms. The van der Waals surface area contributed by atoms with E-state index in [9.17, 15) is 0 Å². The lowest BCUT2D eigenvalue weighted by Gasteiger charge is -2.38. The van der Waals surface area contributed by atoms with Crippen LogP contribution in [0.2, 0.25) is 0 Å². The van der Waals surface area contributed by atoms with Crippen LogP contribution < -0.4 is 5.73 Å². The number of hydrogen-bond donors (Lipinski definition) is 1. The van der Waals surface area contributed by atoms with Crippen molar-refractivity contribution < 1.29 is 4.74 Å². The Labute approximate surface area is 103 Å². The van der Waals surface area contributed by atoms with Gasteiger partial charge < -0.3 is 10.5 Å². The van der Waals surface area contributed by atoms with Crippen molar-refractivity contribution in [1.82, 2.24) is 9.78 Å². The molecule has 0 radical (unpaired) electrons. The van der Waals surface area contributed by atoms with Crippen LogP contribution in [0, 0.1) is 6.92 Å².